The van der Waals surface area contributed by atoms with E-state index in [2.05, 4.69) is 31.9 Å². The van der Waals surface area contributed by atoms with Gasteiger partial charge in [0.25, 0.3) is 0 Å². The Morgan fingerprint density at radius 1 is 1.00 bits per heavy atom. The average Bonchev–Trinajstić information content (AvgIpc) is 2.24. The van der Waals surface area contributed by atoms with E-state index >= 15 is 0 Å². The molecule has 0 bridgehead atoms. The first-order valence-corrected chi connectivity index (χ1v) is 5.44. The summed E-state index contributed by atoms with van der Waals surface area (Å²) >= 11 is 6.81. The minimum atomic E-state index is -0.553. The summed E-state index contributed by atoms with van der Waals surface area (Å²) in [6, 6.07) is 3.79. The molecule has 0 unspecified atom stereocenters. The predicted molar refractivity (Wildman–Crippen MR) is 57.2 cm³/mol. The van der Waals surface area contributed by atoms with E-state index < -0.39 is 5.79 Å². The first-order chi connectivity index (χ1) is 5.98. The SMILES string of the molecule is CC1(C)Oc2cc(Br)c(Br)cc2O1. The Kier molecular flexibility index (Phi) is 2.07. The second-order valence-electron chi connectivity index (χ2n) is 3.32. The standard InChI is InChI=1S/C9H8Br2O2/c1-9(2)12-7-3-5(10)6(11)4-8(7)13-9/h3-4H,1-2H3. The fraction of sp³-hybridized carbons (Fsp3) is 0.333. The Morgan fingerprint density at radius 2 is 1.38 bits per heavy atom. The van der Waals surface area contributed by atoms with Crippen molar-refractivity contribution in [2.75, 3.05) is 0 Å². The summed E-state index contributed by atoms with van der Waals surface area (Å²) in [6.45, 7) is 3.77. The van der Waals surface area contributed by atoms with Gasteiger partial charge in [0.05, 0.1) is 0 Å². The molecule has 13 heavy (non-hydrogen) atoms. The zero-order valence-electron chi connectivity index (χ0n) is 7.23. The molecule has 0 fully saturated rings. The fourth-order valence-corrected chi connectivity index (χ4v) is 1.87. The van der Waals surface area contributed by atoms with Gasteiger partial charge in [-0.25, -0.2) is 0 Å². The van der Waals surface area contributed by atoms with Crippen molar-refractivity contribution in [2.45, 2.75) is 19.6 Å². The van der Waals surface area contributed by atoms with Crippen molar-refractivity contribution < 1.29 is 9.47 Å². The van der Waals surface area contributed by atoms with Crippen LogP contribution in [-0.4, -0.2) is 5.79 Å². The molecule has 2 nitrogen and oxygen atoms in total. The van der Waals surface area contributed by atoms with Crippen LogP contribution >= 0.6 is 31.9 Å². The molecule has 1 aromatic carbocycles. The Morgan fingerprint density at radius 3 is 1.77 bits per heavy atom. The van der Waals surface area contributed by atoms with Crippen LogP contribution in [0.3, 0.4) is 0 Å². The lowest BCUT2D eigenvalue weighted by Gasteiger charge is -2.16. The number of rotatable bonds is 0. The molecular formula is C9H8Br2O2. The van der Waals surface area contributed by atoms with Crippen LogP contribution < -0.4 is 9.47 Å². The maximum absolute atomic E-state index is 5.56. The minimum Gasteiger partial charge on any atom is -0.449 e. The van der Waals surface area contributed by atoms with Gasteiger partial charge in [-0.15, -0.1) is 0 Å². The number of hydrogen-bond donors (Lipinski definition) is 0. The zero-order valence-corrected chi connectivity index (χ0v) is 10.4. The fourth-order valence-electron chi connectivity index (χ4n) is 1.22. The molecule has 2 rings (SSSR count). The van der Waals surface area contributed by atoms with E-state index in [9.17, 15) is 0 Å². The van der Waals surface area contributed by atoms with Crippen LogP contribution in [0.4, 0.5) is 0 Å². The Bertz CT molecular complexity index is 328. The van der Waals surface area contributed by atoms with E-state index in [1.54, 1.807) is 0 Å². The number of halogens is 2. The molecule has 0 radical (unpaired) electrons. The highest BCUT2D eigenvalue weighted by Gasteiger charge is 2.32. The van der Waals surface area contributed by atoms with E-state index in [1.165, 1.54) is 0 Å². The van der Waals surface area contributed by atoms with Gasteiger partial charge in [-0.2, -0.15) is 0 Å². The summed E-state index contributed by atoms with van der Waals surface area (Å²) in [5.41, 5.74) is 0. The van der Waals surface area contributed by atoms with Gasteiger partial charge in [-0.1, -0.05) is 0 Å². The molecule has 70 valence electrons. The lowest BCUT2D eigenvalue weighted by Crippen LogP contribution is -2.29. The van der Waals surface area contributed by atoms with Crippen LogP contribution in [0.1, 0.15) is 13.8 Å². The smallest absolute Gasteiger partial charge is 0.246 e. The molecule has 4 heteroatoms. The summed E-state index contributed by atoms with van der Waals surface area (Å²) in [5, 5.41) is 0. The molecule has 0 N–H and O–H groups in total. The predicted octanol–water partition coefficient (Wildman–Crippen LogP) is 3.72. The molecule has 1 heterocycles. The maximum atomic E-state index is 5.56. The van der Waals surface area contributed by atoms with Crippen molar-refractivity contribution in [3.63, 3.8) is 0 Å². The third-order valence-electron chi connectivity index (χ3n) is 1.70. The number of benzene rings is 1. The third kappa shape index (κ3) is 1.70. The van der Waals surface area contributed by atoms with Crippen LogP contribution in [0.25, 0.3) is 0 Å². The summed E-state index contributed by atoms with van der Waals surface area (Å²) in [6.07, 6.45) is 0. The summed E-state index contributed by atoms with van der Waals surface area (Å²) < 4.78 is 13.0. The highest BCUT2D eigenvalue weighted by molar-refractivity contribution is 9.13. The molecule has 0 amide bonds. The molecule has 0 atom stereocenters. The van der Waals surface area contributed by atoms with Crippen molar-refractivity contribution in [3.05, 3.63) is 21.1 Å². The largest absolute Gasteiger partial charge is 0.449 e. The van der Waals surface area contributed by atoms with E-state index in [-0.39, 0.29) is 0 Å². The number of hydrogen-bond acceptors (Lipinski definition) is 2. The van der Waals surface area contributed by atoms with Gasteiger partial charge in [-0.3, -0.25) is 0 Å². The lowest BCUT2D eigenvalue weighted by molar-refractivity contribution is -0.0431. The Hall–Kier alpha value is -0.220. The van der Waals surface area contributed by atoms with Gasteiger partial charge in [0, 0.05) is 22.8 Å². The highest BCUT2D eigenvalue weighted by atomic mass is 79.9. The molecule has 1 aliphatic heterocycles. The second kappa shape index (κ2) is 2.89. The van der Waals surface area contributed by atoms with Crippen LogP contribution in [0.15, 0.2) is 21.1 Å². The molecule has 0 saturated heterocycles. The molecule has 0 aliphatic carbocycles. The maximum Gasteiger partial charge on any atom is 0.246 e. The molecular weight excluding hydrogens is 300 g/mol. The van der Waals surface area contributed by atoms with E-state index in [0.717, 1.165) is 20.4 Å². The summed E-state index contributed by atoms with van der Waals surface area (Å²) in [7, 11) is 0. The van der Waals surface area contributed by atoms with Gasteiger partial charge >= 0.3 is 0 Å². The first kappa shape index (κ1) is 9.34. The molecule has 1 aromatic rings. The zero-order chi connectivity index (χ0) is 9.64. The molecule has 1 aliphatic rings. The van der Waals surface area contributed by atoms with Gasteiger partial charge in [0.2, 0.25) is 5.79 Å². The van der Waals surface area contributed by atoms with Gasteiger partial charge in [-0.05, 0) is 44.0 Å². The van der Waals surface area contributed by atoms with E-state index in [0.29, 0.717) is 0 Å². The average molecular weight is 308 g/mol. The van der Waals surface area contributed by atoms with E-state index in [4.69, 9.17) is 9.47 Å². The Labute approximate surface area is 93.5 Å². The lowest BCUT2D eigenvalue weighted by atomic mass is 10.3. The molecule has 0 spiro atoms. The monoisotopic (exact) mass is 306 g/mol. The van der Waals surface area contributed by atoms with Crippen molar-refractivity contribution in [1.82, 2.24) is 0 Å². The number of ether oxygens (including phenoxy) is 2. The van der Waals surface area contributed by atoms with Crippen molar-refractivity contribution in [3.8, 4) is 11.5 Å². The van der Waals surface area contributed by atoms with E-state index in [1.807, 2.05) is 26.0 Å². The van der Waals surface area contributed by atoms with Crippen molar-refractivity contribution in [2.24, 2.45) is 0 Å². The summed E-state index contributed by atoms with van der Waals surface area (Å²) in [5.74, 6) is 1.00. The Balaban J connectivity index is 2.48. The van der Waals surface area contributed by atoms with Crippen molar-refractivity contribution in [1.29, 1.82) is 0 Å². The third-order valence-corrected chi connectivity index (χ3v) is 3.54. The van der Waals surface area contributed by atoms with Gasteiger partial charge in [0.15, 0.2) is 11.5 Å². The summed E-state index contributed by atoms with van der Waals surface area (Å²) in [4.78, 5) is 0. The topological polar surface area (TPSA) is 18.5 Å². The van der Waals surface area contributed by atoms with Crippen LogP contribution in [0, 0.1) is 0 Å². The number of fused-ring (bicyclic) bond motifs is 1. The van der Waals surface area contributed by atoms with Crippen LogP contribution in [0.5, 0.6) is 11.5 Å². The highest BCUT2D eigenvalue weighted by Crippen LogP contribution is 2.43. The quantitative estimate of drug-likeness (QED) is 0.727. The van der Waals surface area contributed by atoms with Crippen molar-refractivity contribution >= 4 is 31.9 Å². The molecule has 0 saturated carbocycles. The second-order valence-corrected chi connectivity index (χ2v) is 5.03. The van der Waals surface area contributed by atoms with Gasteiger partial charge in [0.1, 0.15) is 0 Å². The van der Waals surface area contributed by atoms with Crippen LogP contribution in [0.2, 0.25) is 0 Å². The first-order valence-electron chi connectivity index (χ1n) is 3.85. The van der Waals surface area contributed by atoms with Gasteiger partial charge < -0.3 is 9.47 Å². The molecule has 0 aromatic heterocycles. The normalized spacial score (nSPS) is 17.5. The van der Waals surface area contributed by atoms with Crippen LogP contribution in [-0.2, 0) is 0 Å². The minimum absolute atomic E-state index is 0.553.